The molecule has 1 N–H and O–H groups in total. The zero-order valence-corrected chi connectivity index (χ0v) is 17.0. The predicted molar refractivity (Wildman–Crippen MR) is 115 cm³/mol. The monoisotopic (exact) mass is 396 g/mol. The van der Waals surface area contributed by atoms with Gasteiger partial charge in [-0.3, -0.25) is 9.69 Å². The number of nitrogens with zero attached hydrogens (tertiary/aromatic N) is 3. The summed E-state index contributed by atoms with van der Waals surface area (Å²) in [6, 6.07) is 15.9. The summed E-state index contributed by atoms with van der Waals surface area (Å²) in [5, 5.41) is 4.05. The van der Waals surface area contributed by atoms with E-state index < -0.39 is 0 Å². The molecule has 7 nitrogen and oxygen atoms in total. The first kappa shape index (κ1) is 20.7. The van der Waals surface area contributed by atoms with Crippen LogP contribution in [0.4, 0.5) is 5.69 Å². The summed E-state index contributed by atoms with van der Waals surface area (Å²) in [6.45, 7) is 4.57. The van der Waals surface area contributed by atoms with E-state index >= 15 is 0 Å². The second-order valence-corrected chi connectivity index (χ2v) is 6.82. The number of hydrazone groups is 1. The highest BCUT2D eigenvalue weighted by molar-refractivity contribution is 5.85. The van der Waals surface area contributed by atoms with Gasteiger partial charge in [0.15, 0.2) is 0 Å². The van der Waals surface area contributed by atoms with Gasteiger partial charge in [-0.2, -0.15) is 5.10 Å². The molecule has 1 saturated heterocycles. The van der Waals surface area contributed by atoms with Crippen molar-refractivity contribution in [3.63, 3.8) is 0 Å². The minimum Gasteiger partial charge on any atom is -0.497 e. The number of hydrogen-bond donors (Lipinski definition) is 1. The fourth-order valence-corrected chi connectivity index (χ4v) is 3.30. The van der Waals surface area contributed by atoms with Gasteiger partial charge < -0.3 is 14.4 Å². The maximum Gasteiger partial charge on any atom is 0.241 e. The molecule has 0 spiro atoms. The Bertz CT molecular complexity index is 818. The van der Waals surface area contributed by atoms with Crippen LogP contribution in [0, 0.1) is 0 Å². The van der Waals surface area contributed by atoms with Crippen LogP contribution in [0.25, 0.3) is 0 Å². The summed E-state index contributed by atoms with van der Waals surface area (Å²) in [5.41, 5.74) is 4.59. The lowest BCUT2D eigenvalue weighted by molar-refractivity contribution is -0.121. The number of nitrogens with one attached hydrogen (secondary N) is 1. The molecular weight excluding hydrogens is 368 g/mol. The van der Waals surface area contributed by atoms with E-state index in [1.165, 1.54) is 5.69 Å². The SMILES string of the molecule is COc1ccc(OC)c(/C=N\NC(=O)CCN2CCN(c3ccccc3)CC2)c1. The van der Waals surface area contributed by atoms with Gasteiger partial charge in [-0.05, 0) is 30.3 Å². The van der Waals surface area contributed by atoms with E-state index in [2.05, 4.69) is 44.6 Å². The Morgan fingerprint density at radius 1 is 1.07 bits per heavy atom. The zero-order valence-electron chi connectivity index (χ0n) is 17.0. The fourth-order valence-electron chi connectivity index (χ4n) is 3.30. The van der Waals surface area contributed by atoms with Gasteiger partial charge in [0.2, 0.25) is 5.91 Å². The fraction of sp³-hybridized carbons (Fsp3) is 0.364. The van der Waals surface area contributed by atoms with Crippen molar-refractivity contribution in [3.8, 4) is 11.5 Å². The Hall–Kier alpha value is -3.06. The minimum absolute atomic E-state index is 0.103. The summed E-state index contributed by atoms with van der Waals surface area (Å²) < 4.78 is 10.5. The molecular formula is C22H28N4O3. The van der Waals surface area contributed by atoms with Gasteiger partial charge in [0.1, 0.15) is 11.5 Å². The summed E-state index contributed by atoms with van der Waals surface area (Å²) >= 11 is 0. The Kier molecular flexibility index (Phi) is 7.47. The largest absolute Gasteiger partial charge is 0.497 e. The lowest BCUT2D eigenvalue weighted by Gasteiger charge is -2.36. The molecule has 3 rings (SSSR count). The van der Waals surface area contributed by atoms with Crippen molar-refractivity contribution in [2.24, 2.45) is 5.10 Å². The van der Waals surface area contributed by atoms with Crippen molar-refractivity contribution in [2.45, 2.75) is 6.42 Å². The first-order valence-corrected chi connectivity index (χ1v) is 9.76. The summed E-state index contributed by atoms with van der Waals surface area (Å²) in [5.74, 6) is 1.27. The summed E-state index contributed by atoms with van der Waals surface area (Å²) in [7, 11) is 3.19. The van der Waals surface area contributed by atoms with Gasteiger partial charge in [-0.15, -0.1) is 0 Å². The van der Waals surface area contributed by atoms with E-state index in [4.69, 9.17) is 9.47 Å². The molecule has 154 valence electrons. The van der Waals surface area contributed by atoms with Crippen molar-refractivity contribution in [2.75, 3.05) is 51.8 Å². The average Bonchev–Trinajstić information content (AvgIpc) is 2.78. The first-order valence-electron chi connectivity index (χ1n) is 9.76. The van der Waals surface area contributed by atoms with Gasteiger partial charge in [-0.1, -0.05) is 18.2 Å². The molecule has 0 saturated carbocycles. The molecule has 2 aromatic carbocycles. The first-order chi connectivity index (χ1) is 14.2. The van der Waals surface area contributed by atoms with E-state index in [1.54, 1.807) is 32.6 Å². The van der Waals surface area contributed by atoms with Crippen LogP contribution in [-0.4, -0.2) is 64.0 Å². The number of methoxy groups -OCH3 is 2. The molecule has 0 aromatic heterocycles. The molecule has 1 fully saturated rings. The number of para-hydroxylation sites is 1. The number of carbonyl (C=O) groups excluding carboxylic acids is 1. The van der Waals surface area contributed by atoms with Crippen LogP contribution in [0.15, 0.2) is 53.6 Å². The number of amides is 1. The molecule has 0 atom stereocenters. The molecule has 1 aliphatic heterocycles. The van der Waals surface area contributed by atoms with E-state index in [0.717, 1.165) is 38.3 Å². The molecule has 1 amide bonds. The number of hydrogen-bond acceptors (Lipinski definition) is 6. The molecule has 0 bridgehead atoms. The molecule has 0 aliphatic carbocycles. The van der Waals surface area contributed by atoms with Crippen molar-refractivity contribution in [3.05, 3.63) is 54.1 Å². The molecule has 0 radical (unpaired) electrons. The second kappa shape index (κ2) is 10.5. The quantitative estimate of drug-likeness (QED) is 0.548. The molecule has 7 heteroatoms. The van der Waals surface area contributed by atoms with Crippen molar-refractivity contribution < 1.29 is 14.3 Å². The van der Waals surface area contributed by atoms with Gasteiger partial charge in [-0.25, -0.2) is 5.43 Å². The van der Waals surface area contributed by atoms with Gasteiger partial charge >= 0.3 is 0 Å². The van der Waals surface area contributed by atoms with Crippen LogP contribution in [0.5, 0.6) is 11.5 Å². The predicted octanol–water partition coefficient (Wildman–Crippen LogP) is 2.37. The molecule has 1 aliphatic rings. The van der Waals surface area contributed by atoms with Crippen molar-refractivity contribution in [1.29, 1.82) is 0 Å². The Labute approximate surface area is 171 Å². The van der Waals surface area contributed by atoms with E-state index in [0.29, 0.717) is 17.9 Å². The molecule has 2 aromatic rings. The number of benzene rings is 2. The highest BCUT2D eigenvalue weighted by atomic mass is 16.5. The van der Waals surface area contributed by atoms with Gasteiger partial charge in [0, 0.05) is 50.4 Å². The highest BCUT2D eigenvalue weighted by Gasteiger charge is 2.17. The normalized spacial score (nSPS) is 14.8. The van der Waals surface area contributed by atoms with Crippen LogP contribution < -0.4 is 19.8 Å². The topological polar surface area (TPSA) is 66.4 Å². The Morgan fingerprint density at radius 3 is 2.52 bits per heavy atom. The summed E-state index contributed by atoms with van der Waals surface area (Å²) in [4.78, 5) is 16.8. The van der Waals surface area contributed by atoms with Crippen LogP contribution in [0.1, 0.15) is 12.0 Å². The van der Waals surface area contributed by atoms with Crippen LogP contribution >= 0.6 is 0 Å². The summed E-state index contributed by atoms with van der Waals surface area (Å²) in [6.07, 6.45) is 1.98. The maximum atomic E-state index is 12.1. The highest BCUT2D eigenvalue weighted by Crippen LogP contribution is 2.22. The number of ether oxygens (including phenoxy) is 2. The van der Waals surface area contributed by atoms with E-state index in [-0.39, 0.29) is 5.91 Å². The Balaban J connectivity index is 1.41. The smallest absolute Gasteiger partial charge is 0.241 e. The van der Waals surface area contributed by atoms with Gasteiger partial charge in [0.25, 0.3) is 0 Å². The number of carbonyl (C=O) groups is 1. The van der Waals surface area contributed by atoms with Crippen molar-refractivity contribution >= 4 is 17.8 Å². The van der Waals surface area contributed by atoms with Crippen LogP contribution in [0.3, 0.4) is 0 Å². The zero-order chi connectivity index (χ0) is 20.5. The van der Waals surface area contributed by atoms with E-state index in [9.17, 15) is 4.79 Å². The molecule has 29 heavy (non-hydrogen) atoms. The molecule has 1 heterocycles. The second-order valence-electron chi connectivity index (χ2n) is 6.82. The standard InChI is InChI=1S/C22H28N4O3/c1-28-20-8-9-21(29-2)18(16-20)17-23-24-22(27)10-11-25-12-14-26(15-13-25)19-6-4-3-5-7-19/h3-9,16-17H,10-15H2,1-2H3,(H,24,27)/b23-17-. The Morgan fingerprint density at radius 2 is 1.83 bits per heavy atom. The lowest BCUT2D eigenvalue weighted by atomic mass is 10.2. The number of rotatable bonds is 8. The lowest BCUT2D eigenvalue weighted by Crippen LogP contribution is -2.47. The third kappa shape index (κ3) is 5.96. The van der Waals surface area contributed by atoms with Crippen molar-refractivity contribution in [1.82, 2.24) is 10.3 Å². The average molecular weight is 396 g/mol. The number of piperazine rings is 1. The minimum atomic E-state index is -0.103. The number of anilines is 1. The van der Waals surface area contributed by atoms with E-state index in [1.807, 2.05) is 12.1 Å². The third-order valence-corrected chi connectivity index (χ3v) is 4.98. The van der Waals surface area contributed by atoms with Gasteiger partial charge in [0.05, 0.1) is 20.4 Å². The van der Waals surface area contributed by atoms with Crippen LogP contribution in [0.2, 0.25) is 0 Å². The molecule has 0 unspecified atom stereocenters. The maximum absolute atomic E-state index is 12.1. The third-order valence-electron chi connectivity index (χ3n) is 4.98. The van der Waals surface area contributed by atoms with Crippen LogP contribution in [-0.2, 0) is 4.79 Å².